The zero-order chi connectivity index (χ0) is 14.2. The third-order valence-corrected chi connectivity index (χ3v) is 4.83. The minimum atomic E-state index is -0.189. The normalized spacial score (nSPS) is 21.6. The Kier molecular flexibility index (Phi) is 3.76. The lowest BCUT2D eigenvalue weighted by atomic mass is 9.75. The Hall–Kier alpha value is -1.02. The van der Waals surface area contributed by atoms with Gasteiger partial charge in [-0.05, 0) is 54.5 Å². The molecule has 2 aromatic rings. The average Bonchev–Trinajstić information content (AvgIpc) is 2.42. The molecule has 0 heterocycles. The zero-order valence-electron chi connectivity index (χ0n) is 11.2. The summed E-state index contributed by atoms with van der Waals surface area (Å²) in [7, 11) is 0. The smallest absolute Gasteiger partial charge is 0.0595 e. The minimum Gasteiger partial charge on any atom is -0.324 e. The predicted molar refractivity (Wildman–Crippen MR) is 85.6 cm³/mol. The van der Waals surface area contributed by atoms with Crippen molar-refractivity contribution in [1.82, 2.24) is 0 Å². The van der Waals surface area contributed by atoms with Gasteiger partial charge in [-0.2, -0.15) is 0 Å². The highest BCUT2D eigenvalue weighted by atomic mass is 35.5. The fourth-order valence-corrected chi connectivity index (χ4v) is 3.35. The van der Waals surface area contributed by atoms with Crippen LogP contribution in [0.2, 0.25) is 10.0 Å². The van der Waals surface area contributed by atoms with E-state index >= 15 is 0 Å². The second-order valence-corrected chi connectivity index (χ2v) is 6.55. The van der Waals surface area contributed by atoms with Crippen LogP contribution in [0.25, 0.3) is 0 Å². The van der Waals surface area contributed by atoms with Gasteiger partial charge in [-0.1, -0.05) is 53.5 Å². The van der Waals surface area contributed by atoms with E-state index in [-0.39, 0.29) is 5.54 Å². The third-order valence-electron chi connectivity index (χ3n) is 4.09. The van der Waals surface area contributed by atoms with Gasteiger partial charge in [0.05, 0.1) is 10.0 Å². The van der Waals surface area contributed by atoms with E-state index in [9.17, 15) is 0 Å². The number of fused-ring (bicyclic) bond motifs is 1. The third kappa shape index (κ3) is 2.85. The van der Waals surface area contributed by atoms with Crippen molar-refractivity contribution in [2.75, 3.05) is 0 Å². The number of halogens is 2. The van der Waals surface area contributed by atoms with Gasteiger partial charge in [-0.3, -0.25) is 0 Å². The molecular formula is C17H17Cl2N. The van der Waals surface area contributed by atoms with E-state index in [1.165, 1.54) is 11.1 Å². The number of hydrogen-bond donors (Lipinski definition) is 1. The Morgan fingerprint density at radius 1 is 1.00 bits per heavy atom. The predicted octanol–water partition coefficient (Wildman–Crippen LogP) is 4.42. The fourth-order valence-electron chi connectivity index (χ4n) is 3.03. The lowest BCUT2D eigenvalue weighted by molar-refractivity contribution is 0.369. The van der Waals surface area contributed by atoms with Gasteiger partial charge in [-0.25, -0.2) is 0 Å². The fraction of sp³-hybridized carbons (Fsp3) is 0.294. The molecule has 0 saturated carbocycles. The van der Waals surface area contributed by atoms with Crippen LogP contribution in [0, 0.1) is 0 Å². The Bertz CT molecular complexity index is 639. The molecule has 1 unspecified atom stereocenters. The molecule has 0 radical (unpaired) electrons. The van der Waals surface area contributed by atoms with Crippen molar-refractivity contribution in [3.05, 3.63) is 69.2 Å². The molecule has 3 heteroatoms. The van der Waals surface area contributed by atoms with E-state index in [0.29, 0.717) is 10.0 Å². The molecule has 1 atom stereocenters. The summed E-state index contributed by atoms with van der Waals surface area (Å²) in [5.41, 5.74) is 10.4. The van der Waals surface area contributed by atoms with Crippen molar-refractivity contribution in [1.29, 1.82) is 0 Å². The zero-order valence-corrected chi connectivity index (χ0v) is 12.7. The maximum atomic E-state index is 6.62. The molecule has 0 aliphatic heterocycles. The summed E-state index contributed by atoms with van der Waals surface area (Å²) < 4.78 is 0. The Balaban J connectivity index is 1.82. The van der Waals surface area contributed by atoms with Gasteiger partial charge >= 0.3 is 0 Å². The van der Waals surface area contributed by atoms with Crippen molar-refractivity contribution in [3.8, 4) is 0 Å². The molecule has 0 saturated heterocycles. The number of hydrogen-bond acceptors (Lipinski definition) is 1. The summed E-state index contributed by atoms with van der Waals surface area (Å²) in [6.45, 7) is 0. The van der Waals surface area contributed by atoms with Gasteiger partial charge in [0.1, 0.15) is 0 Å². The standard InChI is InChI=1S/C17H17Cl2N/c18-15-6-5-12(9-16(15)19)10-17(20)8-7-13-3-1-2-4-14(13)11-17/h1-6,9H,7-8,10-11,20H2. The van der Waals surface area contributed by atoms with Gasteiger partial charge in [-0.15, -0.1) is 0 Å². The summed E-state index contributed by atoms with van der Waals surface area (Å²) in [4.78, 5) is 0. The first-order valence-corrected chi connectivity index (χ1v) is 7.61. The summed E-state index contributed by atoms with van der Waals surface area (Å²) in [6, 6.07) is 14.4. The molecule has 0 fully saturated rings. The van der Waals surface area contributed by atoms with Crippen LogP contribution in [0.5, 0.6) is 0 Å². The maximum absolute atomic E-state index is 6.62. The number of rotatable bonds is 2. The summed E-state index contributed by atoms with van der Waals surface area (Å²) in [6.07, 6.45) is 3.81. The molecule has 104 valence electrons. The molecule has 0 spiro atoms. The second kappa shape index (κ2) is 5.40. The van der Waals surface area contributed by atoms with Gasteiger partial charge in [0.2, 0.25) is 0 Å². The van der Waals surface area contributed by atoms with Crippen LogP contribution in [0.1, 0.15) is 23.1 Å². The van der Waals surface area contributed by atoms with Gasteiger partial charge in [0.15, 0.2) is 0 Å². The lowest BCUT2D eigenvalue weighted by Gasteiger charge is -2.35. The lowest BCUT2D eigenvalue weighted by Crippen LogP contribution is -2.47. The topological polar surface area (TPSA) is 26.0 Å². The van der Waals surface area contributed by atoms with Crippen LogP contribution in [0.3, 0.4) is 0 Å². The second-order valence-electron chi connectivity index (χ2n) is 5.73. The van der Waals surface area contributed by atoms with Crippen molar-refractivity contribution >= 4 is 23.2 Å². The first-order chi connectivity index (χ1) is 9.56. The van der Waals surface area contributed by atoms with Crippen molar-refractivity contribution in [2.45, 2.75) is 31.2 Å². The van der Waals surface area contributed by atoms with Crippen LogP contribution in [0.4, 0.5) is 0 Å². The largest absolute Gasteiger partial charge is 0.324 e. The number of benzene rings is 2. The highest BCUT2D eigenvalue weighted by Crippen LogP contribution is 2.31. The van der Waals surface area contributed by atoms with Crippen molar-refractivity contribution in [3.63, 3.8) is 0 Å². The van der Waals surface area contributed by atoms with Crippen LogP contribution >= 0.6 is 23.2 Å². The Morgan fingerprint density at radius 3 is 2.50 bits per heavy atom. The SMILES string of the molecule is NC1(Cc2ccc(Cl)c(Cl)c2)CCc2ccccc2C1. The van der Waals surface area contributed by atoms with E-state index < -0.39 is 0 Å². The number of nitrogens with two attached hydrogens (primary N) is 1. The molecule has 0 bridgehead atoms. The van der Waals surface area contributed by atoms with Crippen LogP contribution in [-0.2, 0) is 19.3 Å². The molecule has 1 aliphatic carbocycles. The van der Waals surface area contributed by atoms with Gasteiger partial charge in [0, 0.05) is 5.54 Å². The van der Waals surface area contributed by atoms with E-state index in [2.05, 4.69) is 24.3 Å². The monoisotopic (exact) mass is 305 g/mol. The Morgan fingerprint density at radius 2 is 1.75 bits per heavy atom. The van der Waals surface area contributed by atoms with Crippen LogP contribution in [-0.4, -0.2) is 5.54 Å². The number of aryl methyl sites for hydroxylation is 1. The minimum absolute atomic E-state index is 0.189. The molecular weight excluding hydrogens is 289 g/mol. The molecule has 3 rings (SSSR count). The first kappa shape index (κ1) is 13.9. The van der Waals surface area contributed by atoms with Gasteiger partial charge < -0.3 is 5.73 Å². The summed E-state index contributed by atoms with van der Waals surface area (Å²) >= 11 is 12.0. The summed E-state index contributed by atoms with van der Waals surface area (Å²) in [5, 5.41) is 1.19. The highest BCUT2D eigenvalue weighted by Gasteiger charge is 2.30. The van der Waals surface area contributed by atoms with E-state index in [1.54, 1.807) is 0 Å². The molecule has 2 N–H and O–H groups in total. The quantitative estimate of drug-likeness (QED) is 0.873. The molecule has 1 aliphatic rings. The molecule has 2 aromatic carbocycles. The maximum Gasteiger partial charge on any atom is 0.0595 e. The van der Waals surface area contributed by atoms with Crippen LogP contribution < -0.4 is 5.73 Å². The average molecular weight is 306 g/mol. The molecule has 0 amide bonds. The molecule has 0 aromatic heterocycles. The van der Waals surface area contributed by atoms with E-state index in [0.717, 1.165) is 31.2 Å². The van der Waals surface area contributed by atoms with Gasteiger partial charge in [0.25, 0.3) is 0 Å². The van der Waals surface area contributed by atoms with Crippen molar-refractivity contribution in [2.24, 2.45) is 5.73 Å². The van der Waals surface area contributed by atoms with E-state index in [4.69, 9.17) is 28.9 Å². The summed E-state index contributed by atoms with van der Waals surface area (Å²) in [5.74, 6) is 0. The van der Waals surface area contributed by atoms with Crippen molar-refractivity contribution < 1.29 is 0 Å². The Labute approximate surface area is 129 Å². The highest BCUT2D eigenvalue weighted by molar-refractivity contribution is 6.42. The molecule has 20 heavy (non-hydrogen) atoms. The van der Waals surface area contributed by atoms with Crippen LogP contribution in [0.15, 0.2) is 42.5 Å². The molecule has 1 nitrogen and oxygen atoms in total. The van der Waals surface area contributed by atoms with E-state index in [1.807, 2.05) is 18.2 Å². The first-order valence-electron chi connectivity index (χ1n) is 6.85.